The number of rotatable bonds is 9. The molecule has 248 valence electrons. The summed E-state index contributed by atoms with van der Waals surface area (Å²) >= 11 is 6.28. The average Bonchev–Trinajstić information content (AvgIpc) is 3.60. The van der Waals surface area contributed by atoms with Crippen molar-refractivity contribution in [2.45, 2.75) is 75.1 Å². The molecule has 0 unspecified atom stereocenters. The molecule has 0 spiro atoms. The van der Waals surface area contributed by atoms with Gasteiger partial charge in [-0.3, -0.25) is 14.4 Å². The number of hydrogen-bond donors (Lipinski definition) is 7. The molecule has 2 fully saturated rings. The number of carbonyl (C=O) groups is 3. The smallest absolute Gasteiger partial charge is 0.264 e. The fourth-order valence-electron chi connectivity index (χ4n) is 6.28. The Morgan fingerprint density at radius 2 is 1.89 bits per heavy atom. The van der Waals surface area contributed by atoms with Gasteiger partial charge in [0.05, 0.1) is 24.9 Å². The van der Waals surface area contributed by atoms with E-state index in [4.69, 9.17) is 16.3 Å². The molecule has 46 heavy (non-hydrogen) atoms. The number of carbonyl (C=O) groups excluding carboxylic acids is 3. The molecule has 13 nitrogen and oxygen atoms in total. The predicted octanol–water partition coefficient (Wildman–Crippen LogP) is 0.379. The Bertz CT molecular complexity index is 1510. The first kappa shape index (κ1) is 33.9. The van der Waals surface area contributed by atoms with E-state index in [1.54, 1.807) is 60.4 Å². The average molecular weight is 660 g/mol. The number of hydrogen-bond acceptors (Lipinski definition) is 10. The number of aliphatic hydroxyl groups excluding tert-OH is 5. The minimum atomic E-state index is -1.99. The molecule has 3 aliphatic heterocycles. The fraction of sp³-hybridized carbons (Fsp3) is 0.469. The molecule has 2 aromatic carbocycles. The number of ether oxygens (including phenoxy) is 1. The number of nitrogens with zero attached hydrogens (tertiary/aromatic N) is 2. The van der Waals surface area contributed by atoms with Gasteiger partial charge in [-0.1, -0.05) is 42.8 Å². The minimum absolute atomic E-state index is 0.00190. The lowest BCUT2D eigenvalue weighted by Crippen LogP contribution is -2.60. The second-order valence-electron chi connectivity index (χ2n) is 11.9. The molecule has 14 heteroatoms. The van der Waals surface area contributed by atoms with Crippen molar-refractivity contribution in [1.82, 2.24) is 4.90 Å². The Hall–Kier alpha value is -3.40. The van der Waals surface area contributed by atoms with Gasteiger partial charge >= 0.3 is 0 Å². The third-order valence-corrected chi connectivity index (χ3v) is 9.13. The zero-order chi connectivity index (χ0) is 33.3. The summed E-state index contributed by atoms with van der Waals surface area (Å²) in [7, 11) is 0. The number of benzene rings is 2. The first-order valence-corrected chi connectivity index (χ1v) is 15.4. The molecule has 8 atom stereocenters. The molecule has 0 saturated carbocycles. The van der Waals surface area contributed by atoms with E-state index in [0.29, 0.717) is 28.4 Å². The van der Waals surface area contributed by atoms with Gasteiger partial charge in [-0.25, -0.2) is 0 Å². The summed E-state index contributed by atoms with van der Waals surface area (Å²) in [5.41, 5.74) is -0.428. The molecule has 5 rings (SSSR count). The maximum Gasteiger partial charge on any atom is 0.264 e. The molecule has 7 N–H and O–H groups in total. The SMILES string of the molecule is C[C@@H](/C=C/CC(=O)N1CCC[C@H]1CO)[C@]1(O)C(=O)N(Cc2cccc(NC(=O)[C@H]3O[C@@H](O)[C@H](O)[C@@H](O)[C@@H]3O)c2)c2ccc(Cl)cc21. The molecule has 0 radical (unpaired) electrons. The lowest BCUT2D eigenvalue weighted by Gasteiger charge is -2.37. The highest BCUT2D eigenvalue weighted by molar-refractivity contribution is 6.31. The van der Waals surface area contributed by atoms with Crippen LogP contribution in [0.15, 0.2) is 54.6 Å². The van der Waals surface area contributed by atoms with Crippen molar-refractivity contribution in [3.8, 4) is 0 Å². The first-order chi connectivity index (χ1) is 21.9. The summed E-state index contributed by atoms with van der Waals surface area (Å²) in [6, 6.07) is 11.0. The predicted molar refractivity (Wildman–Crippen MR) is 165 cm³/mol. The second-order valence-corrected chi connectivity index (χ2v) is 12.4. The molecular formula is C32H38ClN3O10. The summed E-state index contributed by atoms with van der Waals surface area (Å²) in [6.07, 6.45) is -4.06. The zero-order valence-electron chi connectivity index (χ0n) is 25.1. The summed E-state index contributed by atoms with van der Waals surface area (Å²) in [4.78, 5) is 42.5. The summed E-state index contributed by atoms with van der Waals surface area (Å²) in [6.45, 7) is 2.15. The van der Waals surface area contributed by atoms with Crippen LogP contribution in [0.4, 0.5) is 11.4 Å². The van der Waals surface area contributed by atoms with Crippen LogP contribution in [0.1, 0.15) is 37.3 Å². The van der Waals surface area contributed by atoms with Crippen molar-refractivity contribution >= 4 is 40.7 Å². The number of amides is 3. The molecule has 2 saturated heterocycles. The van der Waals surface area contributed by atoms with Crippen LogP contribution in [0.5, 0.6) is 0 Å². The van der Waals surface area contributed by atoms with Gasteiger partial charge in [-0.05, 0) is 48.7 Å². The van der Waals surface area contributed by atoms with E-state index in [9.17, 15) is 45.0 Å². The Labute approximate surface area is 270 Å². The molecular weight excluding hydrogens is 622 g/mol. The Kier molecular flexibility index (Phi) is 10.2. The molecule has 0 aromatic heterocycles. The van der Waals surface area contributed by atoms with Gasteiger partial charge < -0.3 is 50.5 Å². The summed E-state index contributed by atoms with van der Waals surface area (Å²) < 4.78 is 4.99. The molecule has 2 aromatic rings. The van der Waals surface area contributed by atoms with Crippen LogP contribution in [0, 0.1) is 5.92 Å². The lowest BCUT2D eigenvalue weighted by molar-refractivity contribution is -0.274. The molecule has 3 amide bonds. The number of anilines is 2. The number of fused-ring (bicyclic) bond motifs is 1. The van der Waals surface area contributed by atoms with Crippen LogP contribution < -0.4 is 10.2 Å². The van der Waals surface area contributed by atoms with E-state index in [2.05, 4.69) is 5.32 Å². The monoisotopic (exact) mass is 659 g/mol. The minimum Gasteiger partial charge on any atom is -0.394 e. The fourth-order valence-corrected chi connectivity index (χ4v) is 6.45. The van der Waals surface area contributed by atoms with E-state index < -0.39 is 54.0 Å². The highest BCUT2D eigenvalue weighted by Crippen LogP contribution is 2.46. The van der Waals surface area contributed by atoms with Crippen LogP contribution in [-0.4, -0.2) is 103 Å². The normalized spacial score (nSPS) is 30.1. The van der Waals surface area contributed by atoms with E-state index in [-0.39, 0.29) is 37.2 Å². The van der Waals surface area contributed by atoms with Gasteiger partial charge in [0.1, 0.15) is 18.3 Å². The van der Waals surface area contributed by atoms with Crippen LogP contribution >= 0.6 is 11.6 Å². The van der Waals surface area contributed by atoms with Crippen molar-refractivity contribution < 1.29 is 49.8 Å². The Balaban J connectivity index is 1.31. The number of nitrogens with one attached hydrogen (secondary N) is 1. The van der Waals surface area contributed by atoms with Crippen LogP contribution in [0.3, 0.4) is 0 Å². The first-order valence-electron chi connectivity index (χ1n) is 15.1. The molecule has 0 bridgehead atoms. The van der Waals surface area contributed by atoms with E-state index >= 15 is 0 Å². The van der Waals surface area contributed by atoms with Crippen molar-refractivity contribution in [3.05, 3.63) is 70.8 Å². The van der Waals surface area contributed by atoms with Gasteiger partial charge in [-0.15, -0.1) is 0 Å². The van der Waals surface area contributed by atoms with Gasteiger partial charge in [0.25, 0.3) is 11.8 Å². The maximum absolute atomic E-state index is 13.9. The largest absolute Gasteiger partial charge is 0.394 e. The Morgan fingerprint density at radius 1 is 1.13 bits per heavy atom. The van der Waals surface area contributed by atoms with E-state index in [0.717, 1.165) is 12.8 Å². The summed E-state index contributed by atoms with van der Waals surface area (Å²) in [5, 5.41) is 63.9. The number of likely N-dealkylation sites (tertiary alicyclic amines) is 1. The molecule has 3 aliphatic rings. The third-order valence-electron chi connectivity index (χ3n) is 8.90. The number of aliphatic hydroxyl groups is 6. The van der Waals surface area contributed by atoms with Gasteiger partial charge in [-0.2, -0.15) is 0 Å². The van der Waals surface area contributed by atoms with Crippen molar-refractivity contribution in [1.29, 1.82) is 0 Å². The maximum atomic E-state index is 13.9. The van der Waals surface area contributed by atoms with E-state index in [1.807, 2.05) is 0 Å². The van der Waals surface area contributed by atoms with Gasteiger partial charge in [0.15, 0.2) is 18.0 Å². The molecule has 3 heterocycles. The van der Waals surface area contributed by atoms with E-state index in [1.165, 1.54) is 11.0 Å². The highest BCUT2D eigenvalue weighted by atomic mass is 35.5. The zero-order valence-corrected chi connectivity index (χ0v) is 25.8. The Morgan fingerprint density at radius 3 is 2.63 bits per heavy atom. The lowest BCUT2D eigenvalue weighted by atomic mass is 9.83. The topological polar surface area (TPSA) is 200 Å². The standard InChI is InChI=1S/C32H38ClN3O10/c1-17(5-2-9-24(38)35-12-4-8-21(35)16-37)32(45)22-14-19(33)10-11-23(22)36(31(32)44)15-18-6-3-7-20(13-18)34-29(42)28-26(40)25(39)27(41)30(43)46-28/h2-3,5-7,10-11,13-14,17,21,25-28,30,37,39-41,43,45H,4,8-9,12,15-16H2,1H3,(H,34,42)/b5-2+/t17-,21-,25-,26-,27+,28-,30+,32+/m0/s1. The summed E-state index contributed by atoms with van der Waals surface area (Å²) in [5.74, 6) is -2.38. The van der Waals surface area contributed by atoms with Crippen molar-refractivity contribution in [2.24, 2.45) is 5.92 Å². The quantitative estimate of drug-likeness (QED) is 0.185. The number of halogens is 1. The van der Waals surface area contributed by atoms with Crippen LogP contribution in [0.25, 0.3) is 0 Å². The second kappa shape index (κ2) is 13.8. The van der Waals surface area contributed by atoms with Crippen LogP contribution in [0.2, 0.25) is 5.02 Å². The highest BCUT2D eigenvalue weighted by Gasteiger charge is 2.52. The third kappa shape index (κ3) is 6.42. The van der Waals surface area contributed by atoms with Crippen molar-refractivity contribution in [2.75, 3.05) is 23.4 Å². The van der Waals surface area contributed by atoms with Crippen molar-refractivity contribution in [3.63, 3.8) is 0 Å². The van der Waals surface area contributed by atoms with Gasteiger partial charge in [0, 0.05) is 35.2 Å². The molecule has 0 aliphatic carbocycles. The van der Waals surface area contributed by atoms with Crippen LogP contribution in [-0.2, 0) is 31.3 Å². The van der Waals surface area contributed by atoms with Gasteiger partial charge in [0.2, 0.25) is 5.91 Å².